The summed E-state index contributed by atoms with van der Waals surface area (Å²) in [6.07, 6.45) is 2.75. The number of aromatic nitrogens is 1. The van der Waals surface area contributed by atoms with Crippen LogP contribution in [0.5, 0.6) is 0 Å². The minimum Gasteiger partial charge on any atom is -0.350 e. The SMILES string of the molecule is CCC.Cc1ncsc1-c1ccc(CNC(=O)C2CCCN2C(=O)C(N)C(C)(C)C)cc1.S. The molecule has 0 radical (unpaired) electrons. The zero-order chi connectivity index (χ0) is 23.9. The van der Waals surface area contributed by atoms with E-state index in [0.717, 1.165) is 28.1 Å². The Hall–Kier alpha value is -1.90. The number of rotatable bonds is 5. The first-order valence-electron chi connectivity index (χ1n) is 11.4. The summed E-state index contributed by atoms with van der Waals surface area (Å²) in [5.74, 6) is -0.251. The average Bonchev–Trinajstić information content (AvgIpc) is 3.40. The van der Waals surface area contributed by atoms with Crippen LogP contribution in [-0.4, -0.2) is 40.3 Å². The lowest BCUT2D eigenvalue weighted by Gasteiger charge is -2.32. The minimum absolute atomic E-state index is 0. The number of hydrogen-bond acceptors (Lipinski definition) is 5. The molecular weight excluding hydrogens is 452 g/mol. The fourth-order valence-corrected chi connectivity index (χ4v) is 4.32. The highest BCUT2D eigenvalue weighted by Crippen LogP contribution is 2.27. The Bertz CT molecular complexity index is 891. The Morgan fingerprint density at radius 1 is 1.24 bits per heavy atom. The quantitative estimate of drug-likeness (QED) is 0.637. The summed E-state index contributed by atoms with van der Waals surface area (Å²) >= 11 is 1.62. The molecule has 1 aromatic heterocycles. The first kappa shape index (κ1) is 29.1. The molecule has 8 heteroatoms. The summed E-state index contributed by atoms with van der Waals surface area (Å²) < 4.78 is 0. The van der Waals surface area contributed by atoms with Gasteiger partial charge in [0.05, 0.1) is 22.1 Å². The fourth-order valence-electron chi connectivity index (χ4n) is 3.51. The van der Waals surface area contributed by atoms with Gasteiger partial charge in [-0.15, -0.1) is 11.3 Å². The van der Waals surface area contributed by atoms with Gasteiger partial charge in [0.15, 0.2) is 0 Å². The molecule has 0 saturated carbocycles. The van der Waals surface area contributed by atoms with Gasteiger partial charge in [-0.05, 0) is 36.3 Å². The molecule has 1 aromatic carbocycles. The number of nitrogens with one attached hydrogen (secondary N) is 1. The third kappa shape index (κ3) is 7.83. The lowest BCUT2D eigenvalue weighted by Crippen LogP contribution is -2.54. The Morgan fingerprint density at radius 2 is 1.85 bits per heavy atom. The molecule has 0 bridgehead atoms. The van der Waals surface area contributed by atoms with Gasteiger partial charge >= 0.3 is 0 Å². The van der Waals surface area contributed by atoms with Crippen LogP contribution in [0, 0.1) is 12.3 Å². The van der Waals surface area contributed by atoms with Crippen molar-refractivity contribution in [3.05, 3.63) is 41.0 Å². The minimum atomic E-state index is -0.612. The van der Waals surface area contributed by atoms with E-state index in [-0.39, 0.29) is 30.7 Å². The number of nitrogens with zero attached hydrogens (tertiary/aromatic N) is 2. The van der Waals surface area contributed by atoms with Crippen molar-refractivity contribution in [2.75, 3.05) is 6.54 Å². The second-order valence-corrected chi connectivity index (χ2v) is 10.3. The van der Waals surface area contributed by atoms with E-state index < -0.39 is 12.1 Å². The van der Waals surface area contributed by atoms with E-state index in [4.69, 9.17) is 5.73 Å². The number of benzene rings is 1. The number of aryl methyl sites for hydroxylation is 1. The van der Waals surface area contributed by atoms with Crippen molar-refractivity contribution >= 4 is 36.6 Å². The maximum absolute atomic E-state index is 12.8. The van der Waals surface area contributed by atoms with Crippen LogP contribution in [0.25, 0.3) is 10.4 Å². The molecule has 6 nitrogen and oxygen atoms in total. The largest absolute Gasteiger partial charge is 0.350 e. The zero-order valence-corrected chi connectivity index (χ0v) is 22.6. The van der Waals surface area contributed by atoms with E-state index in [1.807, 2.05) is 45.3 Å². The van der Waals surface area contributed by atoms with E-state index in [0.29, 0.717) is 19.5 Å². The lowest BCUT2D eigenvalue weighted by molar-refractivity contribution is -0.141. The Labute approximate surface area is 209 Å². The highest BCUT2D eigenvalue weighted by molar-refractivity contribution is 7.59. The fraction of sp³-hybridized carbons (Fsp3) is 0.560. The number of hydrogen-bond donors (Lipinski definition) is 2. The van der Waals surface area contributed by atoms with Crippen LogP contribution in [0.1, 0.15) is 65.1 Å². The van der Waals surface area contributed by atoms with Crippen LogP contribution < -0.4 is 11.1 Å². The lowest BCUT2D eigenvalue weighted by atomic mass is 9.86. The highest BCUT2D eigenvalue weighted by atomic mass is 32.1. The molecule has 3 rings (SSSR count). The molecule has 1 fully saturated rings. The molecule has 184 valence electrons. The van der Waals surface area contributed by atoms with Gasteiger partial charge in [0.25, 0.3) is 0 Å². The van der Waals surface area contributed by atoms with Crippen LogP contribution in [-0.2, 0) is 16.1 Å². The molecule has 2 atom stereocenters. The predicted octanol–water partition coefficient (Wildman–Crippen LogP) is 4.63. The van der Waals surface area contributed by atoms with Crippen molar-refractivity contribution in [1.82, 2.24) is 15.2 Å². The molecule has 33 heavy (non-hydrogen) atoms. The van der Waals surface area contributed by atoms with Crippen LogP contribution in [0.3, 0.4) is 0 Å². The molecule has 1 aliphatic heterocycles. The predicted molar refractivity (Wildman–Crippen MR) is 143 cm³/mol. The van der Waals surface area contributed by atoms with E-state index in [2.05, 4.69) is 36.3 Å². The maximum atomic E-state index is 12.8. The van der Waals surface area contributed by atoms with Crippen LogP contribution >= 0.6 is 24.8 Å². The molecule has 2 amide bonds. The van der Waals surface area contributed by atoms with Crippen molar-refractivity contribution < 1.29 is 9.59 Å². The third-order valence-electron chi connectivity index (χ3n) is 5.47. The van der Waals surface area contributed by atoms with Gasteiger partial charge in [0.1, 0.15) is 6.04 Å². The molecule has 0 aliphatic carbocycles. The van der Waals surface area contributed by atoms with Crippen LogP contribution in [0.2, 0.25) is 0 Å². The van der Waals surface area contributed by atoms with E-state index in [1.165, 1.54) is 6.42 Å². The molecule has 3 N–H and O–H groups in total. The summed E-state index contributed by atoms with van der Waals surface area (Å²) in [6, 6.07) is 7.09. The number of nitrogens with two attached hydrogens (primary N) is 1. The van der Waals surface area contributed by atoms with Crippen molar-refractivity contribution in [2.24, 2.45) is 11.1 Å². The maximum Gasteiger partial charge on any atom is 0.243 e. The van der Waals surface area contributed by atoms with Gasteiger partial charge in [0.2, 0.25) is 11.8 Å². The summed E-state index contributed by atoms with van der Waals surface area (Å²) in [7, 11) is 0. The van der Waals surface area contributed by atoms with E-state index >= 15 is 0 Å². The van der Waals surface area contributed by atoms with Crippen molar-refractivity contribution in [3.63, 3.8) is 0 Å². The van der Waals surface area contributed by atoms with E-state index in [1.54, 1.807) is 16.2 Å². The summed E-state index contributed by atoms with van der Waals surface area (Å²) in [4.78, 5) is 32.6. The first-order valence-corrected chi connectivity index (χ1v) is 12.3. The van der Waals surface area contributed by atoms with Gasteiger partial charge in [0, 0.05) is 13.1 Å². The van der Waals surface area contributed by atoms with E-state index in [9.17, 15) is 9.59 Å². The Kier molecular flexibility index (Phi) is 11.6. The van der Waals surface area contributed by atoms with Gasteiger partial charge in [-0.2, -0.15) is 13.5 Å². The second-order valence-electron chi connectivity index (χ2n) is 9.42. The first-order chi connectivity index (χ1) is 15.1. The number of carbonyl (C=O) groups excluding carboxylic acids is 2. The zero-order valence-electron chi connectivity index (χ0n) is 20.8. The second kappa shape index (κ2) is 13.1. The van der Waals surface area contributed by atoms with Crippen molar-refractivity contribution in [1.29, 1.82) is 0 Å². The Balaban J connectivity index is 0.00000129. The number of likely N-dealkylation sites (tertiary alicyclic amines) is 1. The smallest absolute Gasteiger partial charge is 0.243 e. The van der Waals surface area contributed by atoms with Crippen molar-refractivity contribution in [3.8, 4) is 10.4 Å². The molecule has 0 spiro atoms. The molecule has 2 heterocycles. The molecule has 1 saturated heterocycles. The number of carbonyl (C=O) groups is 2. The standard InChI is InChI=1S/C22H30N4O2S.C3H8.H2S/c1-14-18(29-13-25-14)16-9-7-15(8-10-16)12-24-20(27)17-6-5-11-26(17)21(28)19(23)22(2,3)4;1-3-2;/h7-10,13,17,19H,5-6,11-12,23H2,1-4H3,(H,24,27);3H2,1-2H3;1H2. The van der Waals surface area contributed by atoms with Gasteiger partial charge in [-0.1, -0.05) is 65.3 Å². The number of amides is 2. The number of thiazole rings is 1. The average molecular weight is 493 g/mol. The summed E-state index contributed by atoms with van der Waals surface area (Å²) in [5, 5.41) is 2.99. The molecular formula is C25H40N4O2S2. The summed E-state index contributed by atoms with van der Waals surface area (Å²) in [5.41, 5.74) is 10.8. The summed E-state index contributed by atoms with van der Waals surface area (Å²) in [6.45, 7) is 13.1. The van der Waals surface area contributed by atoms with Crippen LogP contribution in [0.4, 0.5) is 0 Å². The third-order valence-corrected chi connectivity index (χ3v) is 6.44. The van der Waals surface area contributed by atoms with Crippen molar-refractivity contribution in [2.45, 2.75) is 79.4 Å². The topological polar surface area (TPSA) is 88.3 Å². The Morgan fingerprint density at radius 3 is 2.36 bits per heavy atom. The molecule has 2 aromatic rings. The van der Waals surface area contributed by atoms with Gasteiger partial charge in [-0.25, -0.2) is 4.98 Å². The van der Waals surface area contributed by atoms with Gasteiger partial charge < -0.3 is 16.0 Å². The van der Waals surface area contributed by atoms with Crippen LogP contribution in [0.15, 0.2) is 29.8 Å². The normalized spacial score (nSPS) is 16.3. The van der Waals surface area contributed by atoms with Gasteiger partial charge in [-0.3, -0.25) is 9.59 Å². The molecule has 1 aliphatic rings. The highest BCUT2D eigenvalue weighted by Gasteiger charge is 2.39. The molecule has 2 unspecified atom stereocenters. The monoisotopic (exact) mass is 492 g/mol.